The Labute approximate surface area is 260 Å². The summed E-state index contributed by atoms with van der Waals surface area (Å²) >= 11 is 9.43. The van der Waals surface area contributed by atoms with Crippen molar-refractivity contribution in [1.29, 1.82) is 0 Å². The average Bonchev–Trinajstić information content (AvgIpc) is 3.43. The van der Waals surface area contributed by atoms with Gasteiger partial charge < -0.3 is 9.15 Å². The lowest BCUT2D eigenvalue weighted by Gasteiger charge is -2.11. The SMILES string of the molecule is O=c1c2ccccc2nc(-c2cc3cc(Cl)ccc3o2)n1N=Cc1cc(Br)cc([N+](=O)[O-])c1OCc1cccc([N+](=O)[O-])c1. The largest absolute Gasteiger partial charge is 0.481 e. The van der Waals surface area contributed by atoms with Gasteiger partial charge in [0.05, 0.1) is 27.0 Å². The molecule has 0 spiro atoms. The number of hydrogen-bond acceptors (Lipinski definition) is 9. The fourth-order valence-electron chi connectivity index (χ4n) is 4.54. The maximum Gasteiger partial charge on any atom is 0.312 e. The van der Waals surface area contributed by atoms with Gasteiger partial charge in [0.15, 0.2) is 5.76 Å². The molecule has 0 bridgehead atoms. The van der Waals surface area contributed by atoms with E-state index in [4.69, 9.17) is 20.8 Å². The number of rotatable bonds is 8. The third kappa shape index (κ3) is 5.65. The summed E-state index contributed by atoms with van der Waals surface area (Å²) in [6.07, 6.45) is 1.24. The number of ether oxygens (including phenoxy) is 1. The molecule has 6 rings (SSSR count). The van der Waals surface area contributed by atoms with E-state index in [1.54, 1.807) is 54.6 Å². The van der Waals surface area contributed by atoms with E-state index >= 15 is 0 Å². The highest BCUT2D eigenvalue weighted by Gasteiger charge is 2.22. The maximum absolute atomic E-state index is 13.7. The summed E-state index contributed by atoms with van der Waals surface area (Å²) in [5.74, 6) is 0.167. The minimum Gasteiger partial charge on any atom is -0.481 e. The Bertz CT molecular complexity index is 2210. The van der Waals surface area contributed by atoms with Crippen LogP contribution >= 0.6 is 27.5 Å². The molecule has 0 radical (unpaired) electrons. The Kier molecular flexibility index (Phi) is 7.64. The fourth-order valence-corrected chi connectivity index (χ4v) is 5.18. The second kappa shape index (κ2) is 11.7. The van der Waals surface area contributed by atoms with Gasteiger partial charge in [0.1, 0.15) is 12.2 Å². The first-order chi connectivity index (χ1) is 21.2. The first-order valence-electron chi connectivity index (χ1n) is 12.8. The van der Waals surface area contributed by atoms with E-state index in [1.165, 1.54) is 36.5 Å². The number of aromatic nitrogens is 2. The highest BCUT2D eigenvalue weighted by molar-refractivity contribution is 9.10. The van der Waals surface area contributed by atoms with Gasteiger partial charge in [-0.05, 0) is 48.0 Å². The summed E-state index contributed by atoms with van der Waals surface area (Å²) in [5, 5.41) is 29.1. The first kappa shape index (κ1) is 28.7. The number of nitrogens with zero attached hydrogens (tertiary/aromatic N) is 5. The van der Waals surface area contributed by atoms with E-state index in [-0.39, 0.29) is 46.3 Å². The summed E-state index contributed by atoms with van der Waals surface area (Å²) in [5.41, 5.74) is 0.453. The molecule has 44 heavy (non-hydrogen) atoms. The van der Waals surface area contributed by atoms with Gasteiger partial charge in [0.25, 0.3) is 11.2 Å². The summed E-state index contributed by atoms with van der Waals surface area (Å²) in [6, 6.07) is 22.0. The van der Waals surface area contributed by atoms with Crippen molar-refractivity contribution in [2.24, 2.45) is 5.10 Å². The highest BCUT2D eigenvalue weighted by Crippen LogP contribution is 2.35. The van der Waals surface area contributed by atoms with Crippen LogP contribution in [0, 0.1) is 20.2 Å². The van der Waals surface area contributed by atoms with E-state index in [0.717, 1.165) is 4.68 Å². The monoisotopic (exact) mass is 673 g/mol. The van der Waals surface area contributed by atoms with Gasteiger partial charge in [0, 0.05) is 38.6 Å². The molecule has 0 aliphatic carbocycles. The molecule has 6 aromatic rings. The Morgan fingerprint density at radius 1 is 1.00 bits per heavy atom. The van der Waals surface area contributed by atoms with Crippen molar-refractivity contribution < 1.29 is 19.0 Å². The van der Waals surface area contributed by atoms with Crippen molar-refractivity contribution in [3.63, 3.8) is 0 Å². The molecule has 4 aromatic carbocycles. The minimum atomic E-state index is -0.625. The van der Waals surface area contributed by atoms with E-state index in [0.29, 0.717) is 31.5 Å². The maximum atomic E-state index is 13.7. The normalized spacial score (nSPS) is 11.4. The standard InChI is InChI=1S/C30H17BrClN5O7/c31-20-11-19(28(25(14-20)37(41)42)43-16-17-4-3-5-22(10-17)36(39)40)15-33-35-29(34-24-7-2-1-6-23(24)30(35)38)27-13-18-12-21(32)8-9-26(18)44-27/h1-15H,16H2. The van der Waals surface area contributed by atoms with Gasteiger partial charge in [0.2, 0.25) is 11.6 Å². The van der Waals surface area contributed by atoms with Crippen LogP contribution in [0.15, 0.2) is 104 Å². The predicted molar refractivity (Wildman–Crippen MR) is 167 cm³/mol. The van der Waals surface area contributed by atoms with Crippen LogP contribution in [0.3, 0.4) is 0 Å². The lowest BCUT2D eigenvalue weighted by Crippen LogP contribution is -2.20. The molecule has 2 aromatic heterocycles. The number of hydrogen-bond donors (Lipinski definition) is 0. The third-order valence-corrected chi connectivity index (χ3v) is 7.22. The summed E-state index contributed by atoms with van der Waals surface area (Å²) < 4.78 is 13.2. The van der Waals surface area contributed by atoms with E-state index in [9.17, 15) is 25.0 Å². The van der Waals surface area contributed by atoms with Gasteiger partial charge in [-0.2, -0.15) is 9.78 Å². The molecule has 0 saturated heterocycles. The van der Waals surface area contributed by atoms with Crippen molar-refractivity contribution in [3.8, 4) is 17.3 Å². The molecule has 0 amide bonds. The second-order valence-corrected chi connectivity index (χ2v) is 10.8. The zero-order chi connectivity index (χ0) is 31.0. The molecule has 0 aliphatic heterocycles. The van der Waals surface area contributed by atoms with Crippen molar-refractivity contribution in [1.82, 2.24) is 9.66 Å². The number of halogens is 2. The molecule has 0 saturated carbocycles. The van der Waals surface area contributed by atoms with E-state index in [2.05, 4.69) is 26.0 Å². The molecule has 0 atom stereocenters. The lowest BCUT2D eigenvalue weighted by atomic mass is 10.1. The molecule has 0 aliphatic rings. The topological polar surface area (TPSA) is 156 Å². The van der Waals surface area contributed by atoms with E-state index in [1.807, 2.05) is 0 Å². The summed E-state index contributed by atoms with van der Waals surface area (Å²) in [4.78, 5) is 40.3. The number of non-ortho nitro benzene ring substituents is 1. The number of nitro benzene ring substituents is 2. The van der Waals surface area contributed by atoms with Gasteiger partial charge in [-0.3, -0.25) is 25.0 Å². The molecular formula is C30H17BrClN5O7. The molecule has 0 N–H and O–H groups in total. The van der Waals surface area contributed by atoms with Crippen molar-refractivity contribution in [2.45, 2.75) is 6.61 Å². The number of nitro groups is 2. The van der Waals surface area contributed by atoms with Crippen LogP contribution in [0.4, 0.5) is 11.4 Å². The number of fused-ring (bicyclic) bond motifs is 2. The molecule has 2 heterocycles. The van der Waals surface area contributed by atoms with Gasteiger partial charge in [-0.25, -0.2) is 4.98 Å². The molecule has 0 unspecified atom stereocenters. The van der Waals surface area contributed by atoms with Crippen molar-refractivity contribution >= 4 is 67.0 Å². The Balaban J connectivity index is 1.48. The van der Waals surface area contributed by atoms with Crippen LogP contribution in [-0.2, 0) is 6.61 Å². The number of para-hydroxylation sites is 1. The van der Waals surface area contributed by atoms with Crippen LogP contribution in [0.5, 0.6) is 5.75 Å². The van der Waals surface area contributed by atoms with Crippen LogP contribution in [0.2, 0.25) is 5.02 Å². The smallest absolute Gasteiger partial charge is 0.312 e. The minimum absolute atomic E-state index is 0.0841. The van der Waals surface area contributed by atoms with Crippen LogP contribution in [0.25, 0.3) is 33.5 Å². The molecular weight excluding hydrogens is 658 g/mol. The lowest BCUT2D eigenvalue weighted by molar-refractivity contribution is -0.386. The molecule has 12 nitrogen and oxygen atoms in total. The molecule has 0 fully saturated rings. The van der Waals surface area contributed by atoms with Crippen LogP contribution < -0.4 is 10.3 Å². The third-order valence-electron chi connectivity index (χ3n) is 6.53. The molecule has 14 heteroatoms. The highest BCUT2D eigenvalue weighted by atomic mass is 79.9. The van der Waals surface area contributed by atoms with Crippen molar-refractivity contribution in [2.75, 3.05) is 0 Å². The van der Waals surface area contributed by atoms with Crippen molar-refractivity contribution in [3.05, 3.63) is 136 Å². The quantitative estimate of drug-likeness (QED) is 0.0913. The zero-order valence-corrected chi connectivity index (χ0v) is 24.6. The first-order valence-corrected chi connectivity index (χ1v) is 13.9. The number of furan rings is 1. The summed E-state index contributed by atoms with van der Waals surface area (Å²) in [6.45, 7) is -0.213. The Morgan fingerprint density at radius 2 is 1.82 bits per heavy atom. The van der Waals surface area contributed by atoms with Gasteiger partial charge in [-0.15, -0.1) is 0 Å². The van der Waals surface area contributed by atoms with E-state index < -0.39 is 15.4 Å². The molecule has 218 valence electrons. The Morgan fingerprint density at radius 3 is 2.61 bits per heavy atom. The summed E-state index contributed by atoms with van der Waals surface area (Å²) in [7, 11) is 0. The van der Waals surface area contributed by atoms with Crippen LogP contribution in [0.1, 0.15) is 11.1 Å². The zero-order valence-electron chi connectivity index (χ0n) is 22.2. The second-order valence-electron chi connectivity index (χ2n) is 9.42. The van der Waals surface area contributed by atoms with Gasteiger partial charge >= 0.3 is 5.69 Å². The Hall–Kier alpha value is -5.40. The average molecular weight is 675 g/mol. The predicted octanol–water partition coefficient (Wildman–Crippen LogP) is 7.50. The fraction of sp³-hybridized carbons (Fsp3) is 0.0333. The number of benzene rings is 4. The van der Waals surface area contributed by atoms with Gasteiger partial charge in [-0.1, -0.05) is 51.8 Å². The van der Waals surface area contributed by atoms with Crippen LogP contribution in [-0.4, -0.2) is 25.7 Å².